The van der Waals surface area contributed by atoms with E-state index in [0.717, 1.165) is 0 Å². The molecule has 0 aliphatic carbocycles. The summed E-state index contributed by atoms with van der Waals surface area (Å²) in [4.78, 5) is 0. The second kappa shape index (κ2) is 4.56. The normalized spacial score (nSPS) is 12.3. The molecule has 0 atom stereocenters. The van der Waals surface area contributed by atoms with Gasteiger partial charge in [-0.1, -0.05) is 42.4 Å². The summed E-state index contributed by atoms with van der Waals surface area (Å²) >= 11 is 11.2. The summed E-state index contributed by atoms with van der Waals surface area (Å²) in [6.07, 6.45) is 1.48. The molecule has 56 valence electrons. The summed E-state index contributed by atoms with van der Waals surface area (Å²) in [5, 5.41) is 0.829. The Bertz CT molecular complexity index is 182. The first-order valence-corrected chi connectivity index (χ1v) is 3.45. The van der Waals surface area contributed by atoms with E-state index in [1.54, 1.807) is 0 Å². The molecule has 0 spiro atoms. The zero-order chi connectivity index (χ0) is 8.15. The van der Waals surface area contributed by atoms with Gasteiger partial charge in [-0.2, -0.15) is 0 Å². The molecule has 0 amide bonds. The van der Waals surface area contributed by atoms with E-state index in [9.17, 15) is 0 Å². The summed E-state index contributed by atoms with van der Waals surface area (Å²) in [5.74, 6) is 0. The Balaban J connectivity index is 4.62. The van der Waals surface area contributed by atoms with Crippen molar-refractivity contribution >= 4 is 23.2 Å². The maximum Gasteiger partial charge on any atom is 0.0459 e. The van der Waals surface area contributed by atoms with Crippen LogP contribution in [-0.2, 0) is 0 Å². The molecule has 0 aliphatic heterocycles. The van der Waals surface area contributed by atoms with Crippen LogP contribution >= 0.6 is 23.2 Å². The fourth-order valence-corrected chi connectivity index (χ4v) is 0.880. The molecular weight excluding hydrogens is 169 g/mol. The number of rotatable bonds is 3. The van der Waals surface area contributed by atoms with E-state index in [4.69, 9.17) is 28.9 Å². The number of allylic oxidation sites excluding steroid dienone is 2. The Hall–Kier alpha value is -0.240. The van der Waals surface area contributed by atoms with Crippen molar-refractivity contribution in [2.75, 3.05) is 6.54 Å². The van der Waals surface area contributed by atoms with E-state index in [1.807, 2.05) is 0 Å². The second-order valence-electron chi connectivity index (χ2n) is 1.64. The van der Waals surface area contributed by atoms with Gasteiger partial charge in [-0.15, -0.1) is 0 Å². The molecule has 0 saturated carbocycles. The van der Waals surface area contributed by atoms with Gasteiger partial charge in [0.25, 0.3) is 0 Å². The highest BCUT2D eigenvalue weighted by Crippen LogP contribution is 2.18. The molecule has 0 aromatic carbocycles. The van der Waals surface area contributed by atoms with Crippen LogP contribution in [0, 0.1) is 0 Å². The quantitative estimate of drug-likeness (QED) is 0.659. The predicted molar refractivity (Wildman–Crippen MR) is 47.1 cm³/mol. The van der Waals surface area contributed by atoms with Crippen molar-refractivity contribution in [3.05, 3.63) is 34.9 Å². The lowest BCUT2D eigenvalue weighted by molar-refractivity contribution is 1.17. The van der Waals surface area contributed by atoms with E-state index >= 15 is 0 Å². The van der Waals surface area contributed by atoms with Crippen molar-refractivity contribution in [1.82, 2.24) is 0 Å². The van der Waals surface area contributed by atoms with E-state index in [2.05, 4.69) is 13.2 Å². The van der Waals surface area contributed by atoms with E-state index in [1.165, 1.54) is 6.08 Å². The van der Waals surface area contributed by atoms with Gasteiger partial charge in [0, 0.05) is 22.2 Å². The van der Waals surface area contributed by atoms with Crippen molar-refractivity contribution in [3.63, 3.8) is 0 Å². The standard InChI is InChI=1S/C7H9Cl2N/c1-3-7(9)6(4-10)5(2)8/h3H,1-2,4,10H2/b7-6+. The highest BCUT2D eigenvalue weighted by molar-refractivity contribution is 6.36. The minimum absolute atomic E-state index is 0.285. The highest BCUT2D eigenvalue weighted by Gasteiger charge is 2.00. The fraction of sp³-hybridized carbons (Fsp3) is 0.143. The zero-order valence-corrected chi connectivity index (χ0v) is 7.04. The van der Waals surface area contributed by atoms with Gasteiger partial charge < -0.3 is 5.73 Å². The number of hydrogen-bond donors (Lipinski definition) is 1. The average Bonchev–Trinajstić information content (AvgIpc) is 1.88. The third-order valence-electron chi connectivity index (χ3n) is 0.999. The van der Waals surface area contributed by atoms with Crippen molar-refractivity contribution in [1.29, 1.82) is 0 Å². The lowest BCUT2D eigenvalue weighted by Crippen LogP contribution is -2.03. The third-order valence-corrected chi connectivity index (χ3v) is 1.61. The van der Waals surface area contributed by atoms with Crippen molar-refractivity contribution < 1.29 is 0 Å². The zero-order valence-electron chi connectivity index (χ0n) is 5.53. The van der Waals surface area contributed by atoms with Crippen LogP contribution in [0.2, 0.25) is 0 Å². The summed E-state index contributed by atoms with van der Waals surface area (Å²) < 4.78 is 0. The van der Waals surface area contributed by atoms with Crippen LogP contribution in [-0.4, -0.2) is 6.54 Å². The summed E-state index contributed by atoms with van der Waals surface area (Å²) in [6.45, 7) is 7.24. The van der Waals surface area contributed by atoms with E-state index in [0.29, 0.717) is 15.6 Å². The van der Waals surface area contributed by atoms with Gasteiger partial charge >= 0.3 is 0 Å². The molecule has 0 aromatic heterocycles. The maximum absolute atomic E-state index is 5.66. The van der Waals surface area contributed by atoms with Gasteiger partial charge in [-0.05, 0) is 0 Å². The molecule has 3 heteroatoms. The first-order valence-electron chi connectivity index (χ1n) is 2.69. The molecule has 0 unspecified atom stereocenters. The van der Waals surface area contributed by atoms with Crippen molar-refractivity contribution in [2.45, 2.75) is 0 Å². The fourth-order valence-electron chi connectivity index (χ4n) is 0.461. The Kier molecular flexibility index (Phi) is 4.45. The first kappa shape index (κ1) is 9.76. The minimum Gasteiger partial charge on any atom is -0.326 e. The molecule has 0 rings (SSSR count). The smallest absolute Gasteiger partial charge is 0.0459 e. The Labute approximate surface area is 70.8 Å². The molecule has 2 N–H and O–H groups in total. The van der Waals surface area contributed by atoms with Gasteiger partial charge in [0.2, 0.25) is 0 Å². The summed E-state index contributed by atoms with van der Waals surface area (Å²) in [5.41, 5.74) is 5.95. The Morgan fingerprint density at radius 3 is 2.10 bits per heavy atom. The maximum atomic E-state index is 5.66. The average molecular weight is 178 g/mol. The number of nitrogens with two attached hydrogens (primary N) is 1. The van der Waals surface area contributed by atoms with Gasteiger partial charge in [0.15, 0.2) is 0 Å². The minimum atomic E-state index is 0.285. The third kappa shape index (κ3) is 2.56. The SMILES string of the molecule is C=C/C(Cl)=C(/CN)C(=C)Cl. The topological polar surface area (TPSA) is 26.0 Å². The number of hydrogen-bond acceptors (Lipinski definition) is 1. The van der Waals surface area contributed by atoms with Gasteiger partial charge in [0.1, 0.15) is 0 Å². The molecule has 0 heterocycles. The molecule has 0 aromatic rings. The van der Waals surface area contributed by atoms with Crippen molar-refractivity contribution in [2.24, 2.45) is 5.73 Å². The molecule has 0 bridgehead atoms. The predicted octanol–water partition coefficient (Wildman–Crippen LogP) is 2.38. The number of halogens is 2. The molecule has 0 aliphatic rings. The molecule has 0 fully saturated rings. The van der Waals surface area contributed by atoms with Crippen LogP contribution in [0.15, 0.2) is 34.9 Å². The lowest BCUT2D eigenvalue weighted by atomic mass is 10.2. The highest BCUT2D eigenvalue weighted by atomic mass is 35.5. The summed E-state index contributed by atoms with van der Waals surface area (Å²) in [7, 11) is 0. The van der Waals surface area contributed by atoms with Gasteiger partial charge in [-0.3, -0.25) is 0 Å². The van der Waals surface area contributed by atoms with Crippen LogP contribution in [0.25, 0.3) is 0 Å². The lowest BCUT2D eigenvalue weighted by Gasteiger charge is -2.01. The monoisotopic (exact) mass is 177 g/mol. The summed E-state index contributed by atoms with van der Waals surface area (Å²) in [6, 6.07) is 0. The van der Waals surface area contributed by atoms with Crippen LogP contribution in [0.3, 0.4) is 0 Å². The Morgan fingerprint density at radius 1 is 1.50 bits per heavy atom. The largest absolute Gasteiger partial charge is 0.326 e. The molecule has 0 radical (unpaired) electrons. The van der Waals surface area contributed by atoms with Crippen molar-refractivity contribution in [3.8, 4) is 0 Å². The van der Waals surface area contributed by atoms with Crippen LogP contribution in [0.4, 0.5) is 0 Å². The molecule has 10 heavy (non-hydrogen) atoms. The van der Waals surface area contributed by atoms with Gasteiger partial charge in [-0.25, -0.2) is 0 Å². The molecule has 0 saturated heterocycles. The van der Waals surface area contributed by atoms with Crippen LogP contribution in [0.1, 0.15) is 0 Å². The second-order valence-corrected chi connectivity index (χ2v) is 2.50. The van der Waals surface area contributed by atoms with Crippen LogP contribution in [0.5, 0.6) is 0 Å². The van der Waals surface area contributed by atoms with E-state index in [-0.39, 0.29) is 6.54 Å². The van der Waals surface area contributed by atoms with Gasteiger partial charge in [0.05, 0.1) is 0 Å². The van der Waals surface area contributed by atoms with E-state index < -0.39 is 0 Å². The Morgan fingerprint density at radius 2 is 2.00 bits per heavy atom. The molecule has 1 nitrogen and oxygen atoms in total. The van der Waals surface area contributed by atoms with Crippen LogP contribution < -0.4 is 5.73 Å². The molecular formula is C7H9Cl2N. The first-order chi connectivity index (χ1) is 4.63.